The van der Waals surface area contributed by atoms with Crippen LogP contribution >= 0.6 is 0 Å². The third kappa shape index (κ3) is 4.53. The minimum Gasteiger partial charge on any atom is -0.497 e. The molecule has 6 heteroatoms. The third-order valence-electron chi connectivity index (χ3n) is 5.97. The van der Waals surface area contributed by atoms with Crippen LogP contribution in [0.5, 0.6) is 5.75 Å². The zero-order chi connectivity index (χ0) is 20.1. The predicted molar refractivity (Wildman–Crippen MR) is 115 cm³/mol. The first-order valence-corrected chi connectivity index (χ1v) is 10.6. The largest absolute Gasteiger partial charge is 0.497 e. The van der Waals surface area contributed by atoms with E-state index in [1.165, 1.54) is 18.4 Å². The first-order chi connectivity index (χ1) is 14.3. The monoisotopic (exact) mass is 394 g/mol. The lowest BCUT2D eigenvalue weighted by Crippen LogP contribution is -2.37. The highest BCUT2D eigenvalue weighted by molar-refractivity contribution is 5.98. The Morgan fingerprint density at radius 1 is 1.07 bits per heavy atom. The number of anilines is 1. The molecule has 2 aliphatic rings. The van der Waals surface area contributed by atoms with E-state index in [9.17, 15) is 4.79 Å². The summed E-state index contributed by atoms with van der Waals surface area (Å²) in [4.78, 5) is 22.2. The summed E-state index contributed by atoms with van der Waals surface area (Å²) in [6.45, 7) is 4.66. The third-order valence-corrected chi connectivity index (χ3v) is 5.97. The highest BCUT2D eigenvalue weighted by Crippen LogP contribution is 2.27. The molecule has 1 aromatic heterocycles. The molecule has 2 fully saturated rings. The molecule has 6 nitrogen and oxygen atoms in total. The number of hydrogen-bond donors (Lipinski definition) is 1. The first kappa shape index (κ1) is 19.7. The van der Waals surface area contributed by atoms with Crippen LogP contribution in [0.4, 0.5) is 5.82 Å². The zero-order valence-electron chi connectivity index (χ0n) is 17.1. The van der Waals surface area contributed by atoms with Crippen molar-refractivity contribution in [1.82, 2.24) is 15.2 Å². The number of likely N-dealkylation sites (tertiary alicyclic amines) is 1. The summed E-state index contributed by atoms with van der Waals surface area (Å²) in [5.41, 5.74) is 1.88. The van der Waals surface area contributed by atoms with Crippen molar-refractivity contribution >= 4 is 11.7 Å². The van der Waals surface area contributed by atoms with Gasteiger partial charge in [-0.3, -0.25) is 9.69 Å². The molecule has 1 atom stereocenters. The number of ether oxygens (including phenoxy) is 1. The maximum Gasteiger partial charge on any atom is 0.255 e. The van der Waals surface area contributed by atoms with Gasteiger partial charge in [0, 0.05) is 25.8 Å². The summed E-state index contributed by atoms with van der Waals surface area (Å²) in [5, 5.41) is 3.19. The quantitative estimate of drug-likeness (QED) is 0.781. The number of hydrogen-bond acceptors (Lipinski definition) is 5. The van der Waals surface area contributed by atoms with E-state index in [2.05, 4.69) is 32.2 Å². The average molecular weight is 395 g/mol. The number of nitrogens with one attached hydrogen (secondary N) is 1. The molecule has 3 heterocycles. The smallest absolute Gasteiger partial charge is 0.255 e. The molecular formula is C23H30N4O2. The Morgan fingerprint density at radius 3 is 2.45 bits per heavy atom. The maximum absolute atomic E-state index is 13.1. The Labute approximate surface area is 172 Å². The fourth-order valence-electron chi connectivity index (χ4n) is 4.38. The molecule has 0 radical (unpaired) electrons. The molecule has 2 saturated heterocycles. The summed E-state index contributed by atoms with van der Waals surface area (Å²) >= 11 is 0. The van der Waals surface area contributed by atoms with E-state index in [1.54, 1.807) is 13.3 Å². The standard InChI is InChI=1S/C23H30N4O2/c1-29-19-10-8-18(9-11-19)21(26-13-2-3-14-26)17-25-23(28)20-7-6-12-24-22(20)27-15-4-5-16-27/h6-12,21H,2-5,13-17H2,1H3,(H,25,28)/t21-/m1/s1. The first-order valence-electron chi connectivity index (χ1n) is 10.6. The molecule has 1 N–H and O–H groups in total. The minimum absolute atomic E-state index is 0.0438. The van der Waals surface area contributed by atoms with Gasteiger partial charge < -0.3 is 15.0 Å². The predicted octanol–water partition coefficient (Wildman–Crippen LogP) is 3.26. The van der Waals surface area contributed by atoms with Crippen LogP contribution in [0, 0.1) is 0 Å². The molecular weight excluding hydrogens is 364 g/mol. The molecule has 0 spiro atoms. The number of carbonyl (C=O) groups is 1. The summed E-state index contributed by atoms with van der Waals surface area (Å²) in [6.07, 6.45) is 6.51. The molecule has 0 unspecified atom stereocenters. The number of amides is 1. The maximum atomic E-state index is 13.1. The van der Waals surface area contributed by atoms with Crippen molar-refractivity contribution in [2.75, 3.05) is 44.7 Å². The van der Waals surface area contributed by atoms with Crippen molar-refractivity contribution in [3.05, 3.63) is 53.7 Å². The van der Waals surface area contributed by atoms with Crippen molar-refractivity contribution in [3.8, 4) is 5.75 Å². The van der Waals surface area contributed by atoms with Crippen molar-refractivity contribution in [1.29, 1.82) is 0 Å². The summed E-state index contributed by atoms with van der Waals surface area (Å²) in [6, 6.07) is 12.1. The van der Waals surface area contributed by atoms with Crippen molar-refractivity contribution in [2.24, 2.45) is 0 Å². The van der Waals surface area contributed by atoms with Crippen LogP contribution < -0.4 is 15.0 Å². The van der Waals surface area contributed by atoms with Gasteiger partial charge in [0.15, 0.2) is 0 Å². The fraction of sp³-hybridized carbons (Fsp3) is 0.478. The van der Waals surface area contributed by atoms with Crippen molar-refractivity contribution in [3.63, 3.8) is 0 Å². The van der Waals surface area contributed by atoms with Gasteiger partial charge in [0.05, 0.1) is 18.7 Å². The molecule has 0 bridgehead atoms. The molecule has 29 heavy (non-hydrogen) atoms. The molecule has 4 rings (SSSR count). The highest BCUT2D eigenvalue weighted by atomic mass is 16.5. The Bertz CT molecular complexity index is 812. The van der Waals surface area contributed by atoms with Crippen LogP contribution in [0.3, 0.4) is 0 Å². The highest BCUT2D eigenvalue weighted by Gasteiger charge is 2.25. The summed E-state index contributed by atoms with van der Waals surface area (Å²) in [5.74, 6) is 1.62. The second-order valence-electron chi connectivity index (χ2n) is 7.81. The van der Waals surface area contributed by atoms with Gasteiger partial charge in [-0.1, -0.05) is 12.1 Å². The Hall–Kier alpha value is -2.60. The van der Waals surface area contributed by atoms with Crippen LogP contribution in [-0.4, -0.2) is 55.6 Å². The van der Waals surface area contributed by atoms with E-state index >= 15 is 0 Å². The number of benzene rings is 1. The van der Waals surface area contributed by atoms with Crippen LogP contribution in [0.15, 0.2) is 42.6 Å². The van der Waals surface area contributed by atoms with Crippen LogP contribution in [0.2, 0.25) is 0 Å². The van der Waals surface area contributed by atoms with Gasteiger partial charge in [-0.2, -0.15) is 0 Å². The fourth-order valence-corrected chi connectivity index (χ4v) is 4.38. The Morgan fingerprint density at radius 2 is 1.76 bits per heavy atom. The summed E-state index contributed by atoms with van der Waals surface area (Å²) in [7, 11) is 1.68. The van der Waals surface area contributed by atoms with E-state index in [0.717, 1.165) is 50.6 Å². The van der Waals surface area contributed by atoms with Gasteiger partial charge in [-0.15, -0.1) is 0 Å². The van der Waals surface area contributed by atoms with Gasteiger partial charge in [0.2, 0.25) is 0 Å². The van der Waals surface area contributed by atoms with Gasteiger partial charge in [-0.25, -0.2) is 4.98 Å². The van der Waals surface area contributed by atoms with Crippen molar-refractivity contribution < 1.29 is 9.53 Å². The number of methoxy groups -OCH3 is 1. The molecule has 2 aliphatic heterocycles. The van der Waals surface area contributed by atoms with E-state index in [4.69, 9.17) is 4.74 Å². The van der Waals surface area contributed by atoms with E-state index in [-0.39, 0.29) is 11.9 Å². The van der Waals surface area contributed by atoms with Crippen LogP contribution in [0.1, 0.15) is 47.6 Å². The van der Waals surface area contributed by atoms with Crippen LogP contribution in [0.25, 0.3) is 0 Å². The van der Waals surface area contributed by atoms with E-state index in [1.807, 2.05) is 24.3 Å². The molecule has 2 aromatic rings. The van der Waals surface area contributed by atoms with E-state index < -0.39 is 0 Å². The number of rotatable bonds is 7. The lowest BCUT2D eigenvalue weighted by molar-refractivity contribution is 0.0938. The van der Waals surface area contributed by atoms with Crippen molar-refractivity contribution in [2.45, 2.75) is 31.7 Å². The number of carbonyl (C=O) groups excluding carboxylic acids is 1. The van der Waals surface area contributed by atoms with Gasteiger partial charge in [-0.05, 0) is 68.6 Å². The average Bonchev–Trinajstić information content (AvgIpc) is 3.49. The SMILES string of the molecule is COc1ccc([C@@H](CNC(=O)c2cccnc2N2CCCC2)N2CCCC2)cc1. The van der Waals surface area contributed by atoms with Crippen LogP contribution in [-0.2, 0) is 0 Å². The molecule has 154 valence electrons. The number of nitrogens with zero attached hydrogens (tertiary/aromatic N) is 3. The van der Waals surface area contributed by atoms with Gasteiger partial charge in [0.25, 0.3) is 5.91 Å². The van der Waals surface area contributed by atoms with Gasteiger partial charge in [0.1, 0.15) is 11.6 Å². The molecule has 0 aliphatic carbocycles. The lowest BCUT2D eigenvalue weighted by Gasteiger charge is -2.28. The second kappa shape index (κ2) is 9.27. The molecule has 0 saturated carbocycles. The van der Waals surface area contributed by atoms with E-state index in [0.29, 0.717) is 12.1 Å². The topological polar surface area (TPSA) is 57.7 Å². The molecule has 1 aromatic carbocycles. The lowest BCUT2D eigenvalue weighted by atomic mass is 10.0. The Kier molecular flexibility index (Phi) is 6.30. The molecule has 1 amide bonds. The number of pyridine rings is 1. The normalized spacial score (nSPS) is 18.0. The minimum atomic E-state index is -0.0438. The Balaban J connectivity index is 1.49. The number of aromatic nitrogens is 1. The zero-order valence-corrected chi connectivity index (χ0v) is 17.1. The second-order valence-corrected chi connectivity index (χ2v) is 7.81. The summed E-state index contributed by atoms with van der Waals surface area (Å²) < 4.78 is 5.30. The van der Waals surface area contributed by atoms with Gasteiger partial charge >= 0.3 is 0 Å².